The van der Waals surface area contributed by atoms with Crippen LogP contribution in [0.4, 0.5) is 0 Å². The van der Waals surface area contributed by atoms with Crippen molar-refractivity contribution in [2.24, 2.45) is 0 Å². The Morgan fingerprint density at radius 3 is 2.16 bits per heavy atom. The Bertz CT molecular complexity index is 470. The highest BCUT2D eigenvalue weighted by atomic mass is 16.5. The zero-order chi connectivity index (χ0) is 14.4. The summed E-state index contributed by atoms with van der Waals surface area (Å²) in [7, 11) is 3.05. The molecule has 0 atom stereocenters. The molecule has 0 heterocycles. The first kappa shape index (κ1) is 14.8. The van der Waals surface area contributed by atoms with Crippen LogP contribution in [-0.2, 0) is 0 Å². The zero-order valence-electron chi connectivity index (χ0n) is 11.6. The van der Waals surface area contributed by atoms with Crippen molar-refractivity contribution in [1.29, 1.82) is 5.26 Å². The van der Waals surface area contributed by atoms with Gasteiger partial charge in [-0.15, -0.1) is 0 Å². The molecule has 0 spiro atoms. The van der Waals surface area contributed by atoms with Gasteiger partial charge in [-0.1, -0.05) is 0 Å². The van der Waals surface area contributed by atoms with Crippen LogP contribution in [0.2, 0.25) is 0 Å². The Morgan fingerprint density at radius 1 is 1.26 bits per heavy atom. The van der Waals surface area contributed by atoms with E-state index in [9.17, 15) is 4.79 Å². The molecule has 0 bridgehead atoms. The lowest BCUT2D eigenvalue weighted by Gasteiger charge is -2.24. The van der Waals surface area contributed by atoms with Crippen LogP contribution < -0.4 is 9.47 Å². The SMILES string of the molecule is COc1cc(OC)cc(C(=O)N(CC#N)C(C)C)c1. The number of rotatable bonds is 5. The summed E-state index contributed by atoms with van der Waals surface area (Å²) in [4.78, 5) is 13.9. The Kier molecular flexibility index (Phi) is 5.19. The summed E-state index contributed by atoms with van der Waals surface area (Å²) < 4.78 is 10.3. The van der Waals surface area contributed by atoms with E-state index in [1.165, 1.54) is 19.1 Å². The third kappa shape index (κ3) is 3.62. The molecule has 0 aliphatic carbocycles. The number of benzene rings is 1. The van der Waals surface area contributed by atoms with Gasteiger partial charge in [0.1, 0.15) is 18.0 Å². The minimum Gasteiger partial charge on any atom is -0.497 e. The molecule has 1 amide bonds. The molecule has 0 aromatic heterocycles. The molecule has 0 unspecified atom stereocenters. The topological polar surface area (TPSA) is 62.6 Å². The summed E-state index contributed by atoms with van der Waals surface area (Å²) in [6.45, 7) is 3.79. The summed E-state index contributed by atoms with van der Waals surface area (Å²) in [5, 5.41) is 8.79. The molecule has 0 saturated heterocycles. The van der Waals surface area contributed by atoms with Crippen LogP contribution in [-0.4, -0.2) is 37.6 Å². The molecule has 5 nitrogen and oxygen atoms in total. The van der Waals surface area contributed by atoms with E-state index in [1.807, 2.05) is 19.9 Å². The van der Waals surface area contributed by atoms with Gasteiger partial charge in [-0.25, -0.2) is 0 Å². The number of nitriles is 1. The van der Waals surface area contributed by atoms with Gasteiger partial charge in [-0.2, -0.15) is 5.26 Å². The Hall–Kier alpha value is -2.22. The quantitative estimate of drug-likeness (QED) is 0.762. The minimum absolute atomic E-state index is 0.0515. The molecule has 0 aliphatic heterocycles. The van der Waals surface area contributed by atoms with Gasteiger partial charge in [0.2, 0.25) is 0 Å². The number of ether oxygens (including phenoxy) is 2. The van der Waals surface area contributed by atoms with Crippen LogP contribution in [0.1, 0.15) is 24.2 Å². The van der Waals surface area contributed by atoms with E-state index >= 15 is 0 Å². The van der Waals surface area contributed by atoms with Gasteiger partial charge < -0.3 is 14.4 Å². The van der Waals surface area contributed by atoms with Gasteiger partial charge in [0.05, 0.1) is 20.3 Å². The predicted octanol–water partition coefficient (Wildman–Crippen LogP) is 2.08. The number of nitrogens with zero attached hydrogens (tertiary/aromatic N) is 2. The normalized spacial score (nSPS) is 9.89. The summed E-state index contributed by atoms with van der Waals surface area (Å²) in [6, 6.07) is 6.92. The lowest BCUT2D eigenvalue weighted by molar-refractivity contribution is 0.0730. The lowest BCUT2D eigenvalue weighted by atomic mass is 10.1. The zero-order valence-corrected chi connectivity index (χ0v) is 11.6. The Labute approximate surface area is 113 Å². The predicted molar refractivity (Wildman–Crippen MR) is 71.3 cm³/mol. The van der Waals surface area contributed by atoms with E-state index in [2.05, 4.69) is 0 Å². The van der Waals surface area contributed by atoms with Gasteiger partial charge >= 0.3 is 0 Å². The monoisotopic (exact) mass is 262 g/mol. The van der Waals surface area contributed by atoms with Crippen LogP contribution in [0.25, 0.3) is 0 Å². The summed E-state index contributed by atoms with van der Waals surface area (Å²) in [6.07, 6.45) is 0. The van der Waals surface area contributed by atoms with E-state index in [4.69, 9.17) is 14.7 Å². The van der Waals surface area contributed by atoms with Gasteiger partial charge in [0, 0.05) is 17.7 Å². The second-order valence-corrected chi connectivity index (χ2v) is 4.29. The van der Waals surface area contributed by atoms with Crippen molar-refractivity contribution in [2.75, 3.05) is 20.8 Å². The molecule has 19 heavy (non-hydrogen) atoms. The van der Waals surface area contributed by atoms with Crippen LogP contribution in [0.15, 0.2) is 18.2 Å². The molecule has 0 radical (unpaired) electrons. The molecule has 102 valence electrons. The van der Waals surface area contributed by atoms with E-state index in [0.717, 1.165) is 0 Å². The average Bonchev–Trinajstić information content (AvgIpc) is 2.42. The third-order valence-electron chi connectivity index (χ3n) is 2.72. The van der Waals surface area contributed by atoms with Crippen molar-refractivity contribution in [1.82, 2.24) is 4.90 Å². The van der Waals surface area contributed by atoms with E-state index < -0.39 is 0 Å². The molecule has 0 aliphatic rings. The molecular formula is C14H18N2O3. The Balaban J connectivity index is 3.13. The molecule has 0 saturated carbocycles. The first-order valence-corrected chi connectivity index (χ1v) is 5.94. The van der Waals surface area contributed by atoms with Gasteiger partial charge in [-0.05, 0) is 26.0 Å². The largest absolute Gasteiger partial charge is 0.497 e. The molecule has 5 heteroatoms. The van der Waals surface area contributed by atoms with Crippen molar-refractivity contribution >= 4 is 5.91 Å². The van der Waals surface area contributed by atoms with Gasteiger partial charge in [0.25, 0.3) is 5.91 Å². The maximum Gasteiger partial charge on any atom is 0.255 e. The fourth-order valence-electron chi connectivity index (χ4n) is 1.66. The number of amides is 1. The second-order valence-electron chi connectivity index (χ2n) is 4.29. The van der Waals surface area contributed by atoms with E-state index in [1.54, 1.807) is 18.2 Å². The number of hydrogen-bond donors (Lipinski definition) is 0. The number of carbonyl (C=O) groups is 1. The molecule has 0 fully saturated rings. The summed E-state index contributed by atoms with van der Waals surface area (Å²) in [5.41, 5.74) is 0.445. The van der Waals surface area contributed by atoms with Crippen molar-refractivity contribution in [3.63, 3.8) is 0 Å². The highest BCUT2D eigenvalue weighted by molar-refractivity contribution is 5.95. The smallest absolute Gasteiger partial charge is 0.255 e. The second kappa shape index (κ2) is 6.64. The number of methoxy groups -OCH3 is 2. The van der Waals surface area contributed by atoms with Gasteiger partial charge in [0.15, 0.2) is 0 Å². The first-order valence-electron chi connectivity index (χ1n) is 5.94. The molecular weight excluding hydrogens is 244 g/mol. The van der Waals surface area contributed by atoms with Crippen molar-refractivity contribution < 1.29 is 14.3 Å². The molecule has 1 aromatic carbocycles. The number of hydrogen-bond acceptors (Lipinski definition) is 4. The van der Waals surface area contributed by atoms with Crippen LogP contribution >= 0.6 is 0 Å². The van der Waals surface area contributed by atoms with Crippen molar-refractivity contribution in [3.8, 4) is 17.6 Å². The van der Waals surface area contributed by atoms with Gasteiger partial charge in [-0.3, -0.25) is 4.79 Å². The highest BCUT2D eigenvalue weighted by Crippen LogP contribution is 2.23. The molecule has 1 rings (SSSR count). The molecule has 1 aromatic rings. The number of carbonyl (C=O) groups excluding carboxylic acids is 1. The van der Waals surface area contributed by atoms with Crippen LogP contribution in [0.5, 0.6) is 11.5 Å². The standard InChI is InChI=1S/C14H18N2O3/c1-10(2)16(6-5-15)14(17)11-7-12(18-3)9-13(8-11)19-4/h7-10H,6H2,1-4H3. The average molecular weight is 262 g/mol. The maximum atomic E-state index is 12.4. The Morgan fingerprint density at radius 2 is 1.79 bits per heavy atom. The fourth-order valence-corrected chi connectivity index (χ4v) is 1.66. The fraction of sp³-hybridized carbons (Fsp3) is 0.429. The van der Waals surface area contributed by atoms with Crippen molar-refractivity contribution in [3.05, 3.63) is 23.8 Å². The first-order chi connectivity index (χ1) is 9.03. The highest BCUT2D eigenvalue weighted by Gasteiger charge is 2.19. The van der Waals surface area contributed by atoms with E-state index in [0.29, 0.717) is 17.1 Å². The van der Waals surface area contributed by atoms with E-state index in [-0.39, 0.29) is 18.5 Å². The van der Waals surface area contributed by atoms with Crippen molar-refractivity contribution in [2.45, 2.75) is 19.9 Å². The van der Waals surface area contributed by atoms with Crippen LogP contribution in [0, 0.1) is 11.3 Å². The minimum atomic E-state index is -0.214. The third-order valence-corrected chi connectivity index (χ3v) is 2.72. The van der Waals surface area contributed by atoms with Crippen LogP contribution in [0.3, 0.4) is 0 Å². The summed E-state index contributed by atoms with van der Waals surface area (Å²) >= 11 is 0. The molecule has 0 N–H and O–H groups in total. The maximum absolute atomic E-state index is 12.4. The lowest BCUT2D eigenvalue weighted by Crippen LogP contribution is -2.37. The summed E-state index contributed by atoms with van der Waals surface area (Å²) in [5.74, 6) is 0.875.